The molecule has 0 amide bonds. The molecule has 0 aromatic heterocycles. The van der Waals surface area contributed by atoms with Crippen molar-refractivity contribution in [3.8, 4) is 0 Å². The molecule has 4 nitrogen and oxygen atoms in total. The smallest absolute Gasteiger partial charge is 0.236 e. The fourth-order valence-corrected chi connectivity index (χ4v) is 3.35. The van der Waals surface area contributed by atoms with Crippen LogP contribution in [-0.4, -0.2) is 8.42 Å². The van der Waals surface area contributed by atoms with Gasteiger partial charge in [-0.2, -0.15) is 0 Å². The first-order valence-electron chi connectivity index (χ1n) is 5.97. The Morgan fingerprint density at radius 2 is 1.95 bits per heavy atom. The minimum atomic E-state index is -3.53. The zero-order valence-electron chi connectivity index (χ0n) is 10.9. The molecule has 106 valence electrons. The Hall–Kier alpha value is -1.72. The van der Waals surface area contributed by atoms with Gasteiger partial charge in [0, 0.05) is 5.69 Å². The van der Waals surface area contributed by atoms with Gasteiger partial charge in [0.05, 0.1) is 16.5 Å². The first kappa shape index (κ1) is 14.7. The lowest BCUT2D eigenvalue weighted by Gasteiger charge is -2.10. The van der Waals surface area contributed by atoms with Gasteiger partial charge in [0.15, 0.2) is 0 Å². The summed E-state index contributed by atoms with van der Waals surface area (Å²) in [6, 6.07) is 11.9. The zero-order valence-corrected chi connectivity index (χ0v) is 12.5. The standard InChI is InChI=1S/C14H15ClN2O2S/c1-10-5-6-14(13(15)7-10)17-20(18,19)9-11-3-2-4-12(16)8-11/h2-8,17H,9,16H2,1H3. The van der Waals surface area contributed by atoms with Crippen molar-refractivity contribution in [1.82, 2.24) is 0 Å². The van der Waals surface area contributed by atoms with E-state index in [0.717, 1.165) is 5.56 Å². The van der Waals surface area contributed by atoms with Gasteiger partial charge in [-0.25, -0.2) is 8.42 Å². The van der Waals surface area contributed by atoms with Crippen molar-refractivity contribution in [3.05, 3.63) is 58.6 Å². The van der Waals surface area contributed by atoms with Crippen molar-refractivity contribution in [1.29, 1.82) is 0 Å². The Labute approximate surface area is 123 Å². The zero-order chi connectivity index (χ0) is 14.8. The number of rotatable bonds is 4. The molecule has 0 saturated carbocycles. The molecule has 2 aromatic rings. The van der Waals surface area contributed by atoms with Crippen LogP contribution in [-0.2, 0) is 15.8 Å². The maximum Gasteiger partial charge on any atom is 0.236 e. The van der Waals surface area contributed by atoms with Crippen LogP contribution in [0.1, 0.15) is 11.1 Å². The molecule has 0 fully saturated rings. The van der Waals surface area contributed by atoms with Crippen molar-refractivity contribution >= 4 is 33.0 Å². The summed E-state index contributed by atoms with van der Waals surface area (Å²) in [5.41, 5.74) is 8.14. The highest BCUT2D eigenvalue weighted by atomic mass is 35.5. The second kappa shape index (κ2) is 5.73. The minimum absolute atomic E-state index is 0.151. The highest BCUT2D eigenvalue weighted by Gasteiger charge is 2.13. The molecule has 0 aliphatic rings. The predicted molar refractivity (Wildman–Crippen MR) is 83.3 cm³/mol. The molecule has 2 rings (SSSR count). The van der Waals surface area contributed by atoms with Gasteiger partial charge < -0.3 is 5.73 Å². The third kappa shape index (κ3) is 3.88. The van der Waals surface area contributed by atoms with E-state index in [0.29, 0.717) is 22.0 Å². The quantitative estimate of drug-likeness (QED) is 0.852. The van der Waals surface area contributed by atoms with E-state index in [9.17, 15) is 8.42 Å². The lowest BCUT2D eigenvalue weighted by Crippen LogP contribution is -2.15. The van der Waals surface area contributed by atoms with E-state index >= 15 is 0 Å². The minimum Gasteiger partial charge on any atom is -0.399 e. The highest BCUT2D eigenvalue weighted by molar-refractivity contribution is 7.91. The molecule has 0 radical (unpaired) electrons. The number of benzene rings is 2. The van der Waals surface area contributed by atoms with Crippen LogP contribution in [0.5, 0.6) is 0 Å². The number of nitrogens with one attached hydrogen (secondary N) is 1. The molecule has 0 aliphatic heterocycles. The summed E-state index contributed by atoms with van der Waals surface area (Å²) in [7, 11) is -3.53. The van der Waals surface area contributed by atoms with Gasteiger partial charge in [-0.05, 0) is 42.3 Å². The van der Waals surface area contributed by atoms with E-state index in [4.69, 9.17) is 17.3 Å². The number of hydrogen-bond donors (Lipinski definition) is 2. The molecule has 6 heteroatoms. The topological polar surface area (TPSA) is 72.2 Å². The molecule has 2 aromatic carbocycles. The Bertz CT molecular complexity index is 730. The molecule has 0 heterocycles. The lowest BCUT2D eigenvalue weighted by atomic mass is 10.2. The van der Waals surface area contributed by atoms with Crippen molar-refractivity contribution in [2.24, 2.45) is 0 Å². The van der Waals surface area contributed by atoms with Crippen molar-refractivity contribution in [3.63, 3.8) is 0 Å². The van der Waals surface area contributed by atoms with Gasteiger partial charge in [0.25, 0.3) is 0 Å². The number of nitrogen functional groups attached to an aromatic ring is 1. The summed E-state index contributed by atoms with van der Waals surface area (Å²) in [5.74, 6) is -0.151. The van der Waals surface area contributed by atoms with E-state index in [2.05, 4.69) is 4.72 Å². The van der Waals surface area contributed by atoms with Gasteiger partial charge in [-0.15, -0.1) is 0 Å². The Morgan fingerprint density at radius 3 is 2.60 bits per heavy atom. The number of halogens is 1. The summed E-state index contributed by atoms with van der Waals surface area (Å²) in [5, 5.41) is 0.376. The molecule has 0 spiro atoms. The molecule has 0 unspecified atom stereocenters. The molecular formula is C14H15ClN2O2S. The molecule has 3 N–H and O–H groups in total. The number of nitrogens with two attached hydrogens (primary N) is 1. The Kier molecular flexibility index (Phi) is 4.20. The maximum absolute atomic E-state index is 12.1. The fraction of sp³-hybridized carbons (Fsp3) is 0.143. The van der Waals surface area contributed by atoms with Gasteiger partial charge in [-0.1, -0.05) is 29.8 Å². The van der Waals surface area contributed by atoms with Crippen LogP contribution < -0.4 is 10.5 Å². The summed E-state index contributed by atoms with van der Waals surface area (Å²) < 4.78 is 26.7. The average molecular weight is 311 g/mol. The van der Waals surface area contributed by atoms with E-state index in [1.165, 1.54) is 0 Å². The van der Waals surface area contributed by atoms with Crippen LogP contribution in [0.15, 0.2) is 42.5 Å². The van der Waals surface area contributed by atoms with E-state index < -0.39 is 10.0 Å². The fourth-order valence-electron chi connectivity index (χ4n) is 1.81. The summed E-state index contributed by atoms with van der Waals surface area (Å²) in [6.07, 6.45) is 0. The third-order valence-corrected chi connectivity index (χ3v) is 4.25. The maximum atomic E-state index is 12.1. The van der Waals surface area contributed by atoms with Gasteiger partial charge in [0.1, 0.15) is 0 Å². The molecule has 0 bridgehead atoms. The van der Waals surface area contributed by atoms with Crippen LogP contribution in [0.25, 0.3) is 0 Å². The molecule has 20 heavy (non-hydrogen) atoms. The van der Waals surface area contributed by atoms with Crippen LogP contribution >= 0.6 is 11.6 Å². The first-order valence-corrected chi connectivity index (χ1v) is 8.00. The molecule has 0 atom stereocenters. The number of anilines is 2. The third-order valence-electron chi connectivity index (χ3n) is 2.70. The van der Waals surface area contributed by atoms with Gasteiger partial charge in [-0.3, -0.25) is 4.72 Å². The summed E-state index contributed by atoms with van der Waals surface area (Å²) in [4.78, 5) is 0. The van der Waals surface area contributed by atoms with Crippen molar-refractivity contribution in [2.45, 2.75) is 12.7 Å². The molecular weight excluding hydrogens is 296 g/mol. The monoisotopic (exact) mass is 310 g/mol. The first-order chi connectivity index (χ1) is 9.35. The number of sulfonamides is 1. The SMILES string of the molecule is Cc1ccc(NS(=O)(=O)Cc2cccc(N)c2)c(Cl)c1. The van der Waals surface area contributed by atoms with E-state index in [1.54, 1.807) is 42.5 Å². The highest BCUT2D eigenvalue weighted by Crippen LogP contribution is 2.24. The predicted octanol–water partition coefficient (Wildman–Crippen LogP) is 3.17. The van der Waals surface area contributed by atoms with Crippen LogP contribution in [0.2, 0.25) is 5.02 Å². The molecule has 0 saturated heterocycles. The van der Waals surface area contributed by atoms with Crippen molar-refractivity contribution in [2.75, 3.05) is 10.5 Å². The van der Waals surface area contributed by atoms with E-state index in [-0.39, 0.29) is 5.75 Å². The number of aryl methyl sites for hydroxylation is 1. The number of hydrogen-bond acceptors (Lipinski definition) is 3. The lowest BCUT2D eigenvalue weighted by molar-refractivity contribution is 0.600. The summed E-state index contributed by atoms with van der Waals surface area (Å²) in [6.45, 7) is 1.89. The Morgan fingerprint density at radius 1 is 1.20 bits per heavy atom. The largest absolute Gasteiger partial charge is 0.399 e. The summed E-state index contributed by atoms with van der Waals surface area (Å²) >= 11 is 6.02. The van der Waals surface area contributed by atoms with Gasteiger partial charge in [0.2, 0.25) is 10.0 Å². The Balaban J connectivity index is 2.19. The van der Waals surface area contributed by atoms with Crippen LogP contribution in [0, 0.1) is 6.92 Å². The van der Waals surface area contributed by atoms with E-state index in [1.807, 2.05) is 6.92 Å². The second-order valence-corrected chi connectivity index (χ2v) is 6.72. The molecule has 0 aliphatic carbocycles. The normalized spacial score (nSPS) is 11.3. The van der Waals surface area contributed by atoms with Gasteiger partial charge >= 0.3 is 0 Å². The second-order valence-electron chi connectivity index (χ2n) is 4.59. The average Bonchev–Trinajstić information content (AvgIpc) is 2.32. The van der Waals surface area contributed by atoms with Crippen molar-refractivity contribution < 1.29 is 8.42 Å². The van der Waals surface area contributed by atoms with Crippen LogP contribution in [0.3, 0.4) is 0 Å². The van der Waals surface area contributed by atoms with Crippen LogP contribution in [0.4, 0.5) is 11.4 Å².